The molecule has 1 saturated heterocycles. The summed E-state index contributed by atoms with van der Waals surface area (Å²) in [6.07, 6.45) is 10.7. The summed E-state index contributed by atoms with van der Waals surface area (Å²) in [7, 11) is 0. The summed E-state index contributed by atoms with van der Waals surface area (Å²) < 4.78 is 1.37. The van der Waals surface area contributed by atoms with E-state index in [0.29, 0.717) is 16.9 Å². The number of benzene rings is 1. The van der Waals surface area contributed by atoms with Crippen molar-refractivity contribution in [3.05, 3.63) is 69.8 Å². The van der Waals surface area contributed by atoms with Crippen LogP contribution in [0.4, 0.5) is 0 Å². The van der Waals surface area contributed by atoms with Crippen molar-refractivity contribution in [3.63, 3.8) is 0 Å². The number of nitrogens with one attached hydrogen (secondary N) is 1. The molecule has 1 amide bonds. The van der Waals surface area contributed by atoms with E-state index in [1.54, 1.807) is 18.3 Å². The number of H-pyrrole nitrogens is 1. The molecule has 6 nitrogen and oxygen atoms in total. The maximum Gasteiger partial charge on any atom is 0.280 e. The molecule has 6 heteroatoms. The van der Waals surface area contributed by atoms with Crippen LogP contribution in [-0.4, -0.2) is 38.7 Å². The van der Waals surface area contributed by atoms with Gasteiger partial charge in [0.2, 0.25) is 0 Å². The summed E-state index contributed by atoms with van der Waals surface area (Å²) >= 11 is 0. The molecule has 28 heavy (non-hydrogen) atoms. The van der Waals surface area contributed by atoms with Crippen LogP contribution in [0.5, 0.6) is 0 Å². The molecule has 4 rings (SSSR count). The van der Waals surface area contributed by atoms with Crippen LogP contribution in [0.2, 0.25) is 0 Å². The Morgan fingerprint density at radius 2 is 1.96 bits per heavy atom. The zero-order chi connectivity index (χ0) is 19.7. The predicted octanol–water partition coefficient (Wildman–Crippen LogP) is 2.75. The van der Waals surface area contributed by atoms with Crippen molar-refractivity contribution in [2.45, 2.75) is 19.8 Å². The quantitative estimate of drug-likeness (QED) is 0.719. The van der Waals surface area contributed by atoms with Crippen LogP contribution >= 0.6 is 0 Å². The third kappa shape index (κ3) is 3.12. The third-order valence-electron chi connectivity index (χ3n) is 5.07. The largest absolute Gasteiger partial charge is 0.339 e. The van der Waals surface area contributed by atoms with Crippen LogP contribution in [0, 0.1) is 19.3 Å². The van der Waals surface area contributed by atoms with Gasteiger partial charge in [-0.1, -0.05) is 12.0 Å². The number of nitrogens with zero attached hydrogens (tertiary/aromatic N) is 3. The molecule has 1 fully saturated rings. The van der Waals surface area contributed by atoms with Crippen molar-refractivity contribution in [2.75, 3.05) is 13.1 Å². The Morgan fingerprint density at radius 1 is 1.18 bits per heavy atom. The molecule has 1 aromatic carbocycles. The molecule has 0 aliphatic carbocycles. The molecule has 0 radical (unpaired) electrons. The monoisotopic (exact) mass is 372 g/mol. The Morgan fingerprint density at radius 3 is 2.61 bits per heavy atom. The van der Waals surface area contributed by atoms with Crippen LogP contribution in [-0.2, 0) is 0 Å². The second-order valence-electron chi connectivity index (χ2n) is 6.91. The molecule has 1 N–H and O–H groups in total. The number of carbonyl (C=O) groups is 1. The van der Waals surface area contributed by atoms with E-state index in [2.05, 4.69) is 16.0 Å². The van der Waals surface area contributed by atoms with E-state index in [0.717, 1.165) is 42.6 Å². The number of likely N-dealkylation sites (tertiary alicyclic amines) is 1. The highest BCUT2D eigenvalue weighted by atomic mass is 16.2. The molecule has 0 saturated carbocycles. The average molecular weight is 372 g/mol. The fraction of sp³-hybridized carbons (Fsp3) is 0.227. The van der Waals surface area contributed by atoms with Crippen molar-refractivity contribution < 1.29 is 4.79 Å². The van der Waals surface area contributed by atoms with Gasteiger partial charge in [-0.05, 0) is 55.2 Å². The lowest BCUT2D eigenvalue weighted by atomic mass is 10.0. The second-order valence-corrected chi connectivity index (χ2v) is 6.91. The Hall–Kier alpha value is -3.59. The van der Waals surface area contributed by atoms with Crippen LogP contribution in [0.3, 0.4) is 0 Å². The van der Waals surface area contributed by atoms with Gasteiger partial charge in [0.05, 0.1) is 11.1 Å². The van der Waals surface area contributed by atoms with E-state index < -0.39 is 0 Å². The van der Waals surface area contributed by atoms with Crippen molar-refractivity contribution in [3.8, 4) is 29.3 Å². The summed E-state index contributed by atoms with van der Waals surface area (Å²) in [4.78, 5) is 31.5. The zero-order valence-corrected chi connectivity index (χ0v) is 15.6. The molecule has 0 unspecified atom stereocenters. The van der Waals surface area contributed by atoms with Crippen LogP contribution in [0.25, 0.3) is 16.9 Å². The minimum atomic E-state index is -0.206. The maximum atomic E-state index is 12.9. The predicted molar refractivity (Wildman–Crippen MR) is 107 cm³/mol. The third-order valence-corrected chi connectivity index (χ3v) is 5.07. The lowest BCUT2D eigenvalue weighted by Gasteiger charge is -2.14. The number of aromatic nitrogens is 3. The first kappa shape index (κ1) is 17.8. The first-order valence-electron chi connectivity index (χ1n) is 9.22. The van der Waals surface area contributed by atoms with E-state index in [4.69, 9.17) is 6.42 Å². The lowest BCUT2D eigenvalue weighted by molar-refractivity contribution is 0.0792. The fourth-order valence-electron chi connectivity index (χ4n) is 3.54. The van der Waals surface area contributed by atoms with E-state index in [9.17, 15) is 9.59 Å². The summed E-state index contributed by atoms with van der Waals surface area (Å²) in [5.74, 6) is 3.02. The van der Waals surface area contributed by atoms with E-state index in [1.165, 1.54) is 10.9 Å². The summed E-state index contributed by atoms with van der Waals surface area (Å²) in [5.41, 5.74) is 3.39. The number of terminal acetylenes is 1. The molecule has 3 aromatic rings. The molecule has 0 spiro atoms. The summed E-state index contributed by atoms with van der Waals surface area (Å²) in [6.45, 7) is 3.50. The maximum absolute atomic E-state index is 12.9. The van der Waals surface area contributed by atoms with E-state index >= 15 is 0 Å². The summed E-state index contributed by atoms with van der Waals surface area (Å²) in [5, 5.41) is 2.95. The van der Waals surface area contributed by atoms with Crippen LogP contribution < -0.4 is 5.56 Å². The number of hydrogen-bond acceptors (Lipinski definition) is 3. The lowest BCUT2D eigenvalue weighted by Crippen LogP contribution is -2.27. The fourth-order valence-corrected chi connectivity index (χ4v) is 3.54. The van der Waals surface area contributed by atoms with Gasteiger partial charge in [0.1, 0.15) is 0 Å². The van der Waals surface area contributed by atoms with Crippen molar-refractivity contribution in [1.82, 2.24) is 19.7 Å². The van der Waals surface area contributed by atoms with Crippen LogP contribution in [0.1, 0.15) is 34.3 Å². The van der Waals surface area contributed by atoms with Gasteiger partial charge in [0.15, 0.2) is 5.82 Å². The average Bonchev–Trinajstić information content (AvgIpc) is 3.38. The van der Waals surface area contributed by atoms with Crippen molar-refractivity contribution >= 4 is 5.91 Å². The first-order valence-corrected chi connectivity index (χ1v) is 9.22. The smallest absolute Gasteiger partial charge is 0.280 e. The van der Waals surface area contributed by atoms with Gasteiger partial charge in [0, 0.05) is 31.0 Å². The van der Waals surface area contributed by atoms with Gasteiger partial charge in [-0.2, -0.15) is 0 Å². The number of carbonyl (C=O) groups excluding carboxylic acids is 1. The Kier molecular flexibility index (Phi) is 4.58. The number of pyridine rings is 1. The van der Waals surface area contributed by atoms with Crippen molar-refractivity contribution in [1.29, 1.82) is 0 Å². The molecular weight excluding hydrogens is 352 g/mol. The molecule has 140 valence electrons. The first-order chi connectivity index (χ1) is 13.6. The van der Waals surface area contributed by atoms with Gasteiger partial charge in [-0.25, -0.2) is 9.67 Å². The minimum Gasteiger partial charge on any atom is -0.339 e. The Balaban J connectivity index is 1.63. The topological polar surface area (TPSA) is 71.0 Å². The number of hydrogen-bond donors (Lipinski definition) is 1. The standard InChI is InChI=1S/C22H20N4O2/c1-3-16-6-8-18(15(2)12-16)19-14-24-26(22(19)28)20-9-7-17(13-23-20)21(27)25-10-4-5-11-25/h1,6-9,12-14,24H,4-5,10-11H2,2H3. The summed E-state index contributed by atoms with van der Waals surface area (Å²) in [6, 6.07) is 8.94. The molecular formula is C22H20N4O2. The molecule has 0 atom stereocenters. The number of rotatable bonds is 3. The highest BCUT2D eigenvalue weighted by Crippen LogP contribution is 2.21. The van der Waals surface area contributed by atoms with E-state index in [-0.39, 0.29) is 11.5 Å². The highest BCUT2D eigenvalue weighted by Gasteiger charge is 2.20. The van der Waals surface area contributed by atoms with Gasteiger partial charge in [0.25, 0.3) is 11.5 Å². The molecule has 2 aromatic heterocycles. The SMILES string of the molecule is C#Cc1ccc(-c2c[nH]n(-c3ccc(C(=O)N4CCCC4)cn3)c2=O)c(C)c1. The van der Waals surface area contributed by atoms with Gasteiger partial charge < -0.3 is 4.90 Å². The molecule has 1 aliphatic heterocycles. The molecule has 1 aliphatic rings. The zero-order valence-electron chi connectivity index (χ0n) is 15.6. The highest BCUT2D eigenvalue weighted by molar-refractivity contribution is 5.94. The molecule has 0 bridgehead atoms. The Labute approximate surface area is 162 Å². The number of aryl methyl sites for hydroxylation is 1. The number of amides is 1. The van der Waals surface area contributed by atoms with Gasteiger partial charge >= 0.3 is 0 Å². The minimum absolute atomic E-state index is 0.0136. The van der Waals surface area contributed by atoms with Crippen LogP contribution in [0.15, 0.2) is 47.5 Å². The second kappa shape index (κ2) is 7.20. The van der Waals surface area contributed by atoms with E-state index in [1.807, 2.05) is 30.0 Å². The Bertz CT molecular complexity index is 1130. The van der Waals surface area contributed by atoms with Crippen molar-refractivity contribution in [2.24, 2.45) is 0 Å². The van der Waals surface area contributed by atoms with Gasteiger partial charge in [-0.15, -0.1) is 6.42 Å². The van der Waals surface area contributed by atoms with Gasteiger partial charge in [-0.3, -0.25) is 14.7 Å². The number of aromatic amines is 1. The molecule has 3 heterocycles. The normalized spacial score (nSPS) is 13.5.